The highest BCUT2D eigenvalue weighted by molar-refractivity contribution is 7.22. The Balaban J connectivity index is 1.19. The molecule has 1 aliphatic rings. The van der Waals surface area contributed by atoms with E-state index in [-0.39, 0.29) is 5.41 Å². The number of thiazole rings is 2. The molecular weight excluding hydrogens is 633 g/mol. The molecule has 4 heteroatoms. The average molecular weight is 663 g/mol. The van der Waals surface area contributed by atoms with E-state index >= 15 is 0 Å². The van der Waals surface area contributed by atoms with Crippen molar-refractivity contribution in [3.63, 3.8) is 0 Å². The Morgan fingerprint density at radius 3 is 1.73 bits per heavy atom. The second kappa shape index (κ2) is 10.8. The number of nitrogens with zero attached hydrogens (tertiary/aromatic N) is 2. The van der Waals surface area contributed by atoms with Crippen molar-refractivity contribution in [2.45, 2.75) is 19.3 Å². The monoisotopic (exact) mass is 662 g/mol. The number of benzene rings is 7. The maximum atomic E-state index is 5.09. The molecule has 0 saturated heterocycles. The summed E-state index contributed by atoms with van der Waals surface area (Å²) in [4.78, 5) is 10.2. The third-order valence-corrected chi connectivity index (χ3v) is 12.3. The van der Waals surface area contributed by atoms with Crippen LogP contribution < -0.4 is 0 Å². The van der Waals surface area contributed by atoms with Gasteiger partial charge in [-0.15, -0.1) is 22.7 Å². The van der Waals surface area contributed by atoms with Crippen LogP contribution in [0.5, 0.6) is 0 Å². The Labute approximate surface area is 293 Å². The second-order valence-corrected chi connectivity index (χ2v) is 15.5. The fraction of sp³-hybridized carbons (Fsp3) is 0.0667. The molecule has 0 fully saturated rings. The molecule has 2 heterocycles. The SMILES string of the molecule is CC1(C)c2ccccc2-c2ccc(-c3cc(-c4cc(-c5nc6ccccc6s5)cc(-c5nc6ccccc6s5)c4)c4ccccc4c3)cc21. The quantitative estimate of drug-likeness (QED) is 0.187. The summed E-state index contributed by atoms with van der Waals surface area (Å²) in [7, 11) is 0. The van der Waals surface area contributed by atoms with Crippen molar-refractivity contribution in [1.29, 1.82) is 0 Å². The molecule has 232 valence electrons. The van der Waals surface area contributed by atoms with Crippen molar-refractivity contribution in [2.75, 3.05) is 0 Å². The van der Waals surface area contributed by atoms with Crippen LogP contribution in [0.3, 0.4) is 0 Å². The van der Waals surface area contributed by atoms with E-state index in [2.05, 4.69) is 159 Å². The average Bonchev–Trinajstić information content (AvgIpc) is 3.84. The Kier molecular flexibility index (Phi) is 6.30. The summed E-state index contributed by atoms with van der Waals surface area (Å²) in [6, 6.07) is 53.1. The van der Waals surface area contributed by atoms with Gasteiger partial charge in [-0.05, 0) is 116 Å². The normalized spacial score (nSPS) is 13.3. The van der Waals surface area contributed by atoms with E-state index in [1.807, 2.05) is 0 Å². The van der Waals surface area contributed by atoms with Gasteiger partial charge in [-0.25, -0.2) is 9.97 Å². The van der Waals surface area contributed by atoms with Gasteiger partial charge in [0.05, 0.1) is 20.4 Å². The largest absolute Gasteiger partial charge is 0.236 e. The number of para-hydroxylation sites is 2. The first-order valence-corrected chi connectivity index (χ1v) is 18.3. The molecule has 0 amide bonds. The highest BCUT2D eigenvalue weighted by atomic mass is 32.1. The van der Waals surface area contributed by atoms with E-state index in [1.54, 1.807) is 22.7 Å². The molecule has 0 spiro atoms. The highest BCUT2D eigenvalue weighted by Crippen LogP contribution is 2.50. The van der Waals surface area contributed by atoms with Gasteiger partial charge in [0, 0.05) is 16.5 Å². The fourth-order valence-corrected chi connectivity index (χ4v) is 9.53. The molecule has 0 unspecified atom stereocenters. The molecule has 2 aromatic heterocycles. The van der Waals surface area contributed by atoms with Crippen molar-refractivity contribution in [1.82, 2.24) is 9.97 Å². The minimum absolute atomic E-state index is 0.0562. The molecule has 10 rings (SSSR count). The number of rotatable bonds is 4. The van der Waals surface area contributed by atoms with Crippen LogP contribution in [0.2, 0.25) is 0 Å². The smallest absolute Gasteiger partial charge is 0.124 e. The lowest BCUT2D eigenvalue weighted by molar-refractivity contribution is 0.660. The lowest BCUT2D eigenvalue weighted by atomic mass is 9.81. The summed E-state index contributed by atoms with van der Waals surface area (Å²) >= 11 is 3.49. The summed E-state index contributed by atoms with van der Waals surface area (Å²) in [6.45, 7) is 4.70. The van der Waals surface area contributed by atoms with Crippen LogP contribution in [0.15, 0.2) is 146 Å². The Morgan fingerprint density at radius 2 is 1.02 bits per heavy atom. The van der Waals surface area contributed by atoms with Gasteiger partial charge in [-0.1, -0.05) is 98.8 Å². The molecular formula is C45H30N2S2. The molecule has 0 saturated carbocycles. The minimum atomic E-state index is -0.0562. The Bertz CT molecular complexity index is 2610. The first kappa shape index (κ1) is 28.6. The van der Waals surface area contributed by atoms with Crippen molar-refractivity contribution >= 4 is 53.9 Å². The van der Waals surface area contributed by atoms with Crippen LogP contribution in [0.4, 0.5) is 0 Å². The zero-order valence-electron chi connectivity index (χ0n) is 27.1. The molecule has 49 heavy (non-hydrogen) atoms. The van der Waals surface area contributed by atoms with Crippen LogP contribution in [0.25, 0.3) is 85.7 Å². The van der Waals surface area contributed by atoms with Gasteiger partial charge >= 0.3 is 0 Å². The summed E-state index contributed by atoms with van der Waals surface area (Å²) in [6.07, 6.45) is 0. The molecule has 0 radical (unpaired) electrons. The Morgan fingerprint density at radius 1 is 0.429 bits per heavy atom. The van der Waals surface area contributed by atoms with E-state index in [1.165, 1.54) is 59.1 Å². The van der Waals surface area contributed by atoms with E-state index in [0.717, 1.165) is 37.7 Å². The van der Waals surface area contributed by atoms with Crippen molar-refractivity contribution < 1.29 is 0 Å². The van der Waals surface area contributed by atoms with Crippen molar-refractivity contribution in [2.24, 2.45) is 0 Å². The van der Waals surface area contributed by atoms with Crippen LogP contribution in [-0.2, 0) is 5.41 Å². The molecule has 0 atom stereocenters. The summed E-state index contributed by atoms with van der Waals surface area (Å²) in [5.74, 6) is 0. The first-order chi connectivity index (χ1) is 24.0. The van der Waals surface area contributed by atoms with Gasteiger partial charge in [-0.2, -0.15) is 0 Å². The molecule has 9 aromatic rings. The highest BCUT2D eigenvalue weighted by Gasteiger charge is 2.35. The third kappa shape index (κ3) is 4.59. The first-order valence-electron chi connectivity index (χ1n) is 16.6. The predicted molar refractivity (Wildman–Crippen MR) is 210 cm³/mol. The predicted octanol–water partition coefficient (Wildman–Crippen LogP) is 13.0. The van der Waals surface area contributed by atoms with Crippen LogP contribution >= 0.6 is 22.7 Å². The van der Waals surface area contributed by atoms with Gasteiger partial charge in [0.1, 0.15) is 10.0 Å². The zero-order chi connectivity index (χ0) is 32.7. The third-order valence-electron chi connectivity index (χ3n) is 10.1. The van der Waals surface area contributed by atoms with Gasteiger partial charge in [-0.3, -0.25) is 0 Å². The number of hydrogen-bond acceptors (Lipinski definition) is 4. The maximum absolute atomic E-state index is 5.09. The molecule has 0 bridgehead atoms. The van der Waals surface area contributed by atoms with Gasteiger partial charge < -0.3 is 0 Å². The summed E-state index contributed by atoms with van der Waals surface area (Å²) in [5, 5.41) is 4.50. The minimum Gasteiger partial charge on any atom is -0.236 e. The summed E-state index contributed by atoms with van der Waals surface area (Å²) < 4.78 is 2.39. The van der Waals surface area contributed by atoms with Gasteiger partial charge in [0.2, 0.25) is 0 Å². The molecule has 0 aliphatic heterocycles. The maximum Gasteiger partial charge on any atom is 0.124 e. The van der Waals surface area contributed by atoms with Gasteiger partial charge in [0.15, 0.2) is 0 Å². The van der Waals surface area contributed by atoms with E-state index in [0.29, 0.717) is 0 Å². The number of hydrogen-bond donors (Lipinski definition) is 0. The second-order valence-electron chi connectivity index (χ2n) is 13.4. The number of fused-ring (bicyclic) bond motifs is 6. The number of aromatic nitrogens is 2. The lowest BCUT2D eigenvalue weighted by Crippen LogP contribution is -2.14. The molecule has 0 N–H and O–H groups in total. The van der Waals surface area contributed by atoms with Crippen LogP contribution in [0, 0.1) is 0 Å². The Hall–Kier alpha value is -5.42. The molecule has 7 aromatic carbocycles. The van der Waals surface area contributed by atoms with E-state index in [4.69, 9.17) is 9.97 Å². The summed E-state index contributed by atoms with van der Waals surface area (Å²) in [5.41, 5.74) is 14.5. The zero-order valence-corrected chi connectivity index (χ0v) is 28.7. The van der Waals surface area contributed by atoms with Gasteiger partial charge in [0.25, 0.3) is 0 Å². The van der Waals surface area contributed by atoms with Crippen molar-refractivity contribution in [3.8, 4) is 54.5 Å². The van der Waals surface area contributed by atoms with Crippen LogP contribution in [-0.4, -0.2) is 9.97 Å². The van der Waals surface area contributed by atoms with E-state index in [9.17, 15) is 0 Å². The van der Waals surface area contributed by atoms with Crippen molar-refractivity contribution in [3.05, 3.63) is 157 Å². The van der Waals surface area contributed by atoms with E-state index < -0.39 is 0 Å². The lowest BCUT2D eigenvalue weighted by Gasteiger charge is -2.22. The fourth-order valence-electron chi connectivity index (χ4n) is 7.62. The van der Waals surface area contributed by atoms with Crippen LogP contribution in [0.1, 0.15) is 25.0 Å². The molecule has 1 aliphatic carbocycles. The standard InChI is InChI=1S/C45H30N2S2/c1-45(2)37-14-6-5-13-34(37)35-20-19-27(26-38(35)45)29-21-28-11-3-4-12-33(28)36(25-29)30-22-31(43-46-39-15-7-9-17-41(39)48-43)24-32(23-30)44-47-40-16-8-10-18-42(40)49-44/h3-26H,1-2H3. The molecule has 2 nitrogen and oxygen atoms in total. The topological polar surface area (TPSA) is 25.8 Å².